The summed E-state index contributed by atoms with van der Waals surface area (Å²) in [6.07, 6.45) is 1.20. The SMILES string of the molecule is Cc1ccc(OC2CC(Cl)C2(C)C)cc1. The summed E-state index contributed by atoms with van der Waals surface area (Å²) < 4.78 is 5.91. The first-order chi connectivity index (χ1) is 7.00. The van der Waals surface area contributed by atoms with Gasteiger partial charge < -0.3 is 4.74 Å². The van der Waals surface area contributed by atoms with Gasteiger partial charge >= 0.3 is 0 Å². The highest BCUT2D eigenvalue weighted by atomic mass is 35.5. The molecule has 0 aromatic heterocycles. The molecule has 0 bridgehead atoms. The smallest absolute Gasteiger partial charge is 0.119 e. The maximum atomic E-state index is 6.15. The second kappa shape index (κ2) is 3.71. The Labute approximate surface area is 96.4 Å². The summed E-state index contributed by atoms with van der Waals surface area (Å²) in [6.45, 7) is 6.39. The van der Waals surface area contributed by atoms with Gasteiger partial charge in [-0.1, -0.05) is 31.5 Å². The van der Waals surface area contributed by atoms with Crippen molar-refractivity contribution in [1.82, 2.24) is 0 Å². The zero-order valence-electron chi connectivity index (χ0n) is 9.46. The van der Waals surface area contributed by atoms with E-state index in [4.69, 9.17) is 16.3 Å². The molecule has 1 aliphatic rings. The molecular formula is C13H17ClO. The fraction of sp³-hybridized carbons (Fsp3) is 0.538. The average Bonchev–Trinajstić information content (AvgIpc) is 2.21. The van der Waals surface area contributed by atoms with Gasteiger partial charge in [-0.3, -0.25) is 0 Å². The van der Waals surface area contributed by atoms with E-state index in [-0.39, 0.29) is 16.9 Å². The number of halogens is 1. The maximum Gasteiger partial charge on any atom is 0.119 e. The lowest BCUT2D eigenvalue weighted by molar-refractivity contribution is -0.0130. The molecule has 1 aliphatic carbocycles. The molecule has 82 valence electrons. The Morgan fingerprint density at radius 2 is 1.87 bits per heavy atom. The average molecular weight is 225 g/mol. The van der Waals surface area contributed by atoms with Crippen LogP contribution >= 0.6 is 11.6 Å². The van der Waals surface area contributed by atoms with Crippen molar-refractivity contribution in [3.05, 3.63) is 29.8 Å². The molecule has 0 heterocycles. The number of aryl methyl sites for hydroxylation is 1. The van der Waals surface area contributed by atoms with Gasteiger partial charge in [0.05, 0.1) is 0 Å². The third kappa shape index (κ3) is 1.98. The van der Waals surface area contributed by atoms with Crippen LogP contribution in [-0.4, -0.2) is 11.5 Å². The molecule has 0 saturated heterocycles. The lowest BCUT2D eigenvalue weighted by Crippen LogP contribution is -2.53. The number of rotatable bonds is 2. The van der Waals surface area contributed by atoms with E-state index in [1.165, 1.54) is 5.56 Å². The summed E-state index contributed by atoms with van der Waals surface area (Å²) in [6, 6.07) is 8.18. The second-order valence-electron chi connectivity index (χ2n) is 4.94. The van der Waals surface area contributed by atoms with Crippen molar-refractivity contribution < 1.29 is 4.74 Å². The quantitative estimate of drug-likeness (QED) is 0.695. The fourth-order valence-corrected chi connectivity index (χ4v) is 2.12. The minimum atomic E-state index is 0.0897. The van der Waals surface area contributed by atoms with E-state index in [0.29, 0.717) is 0 Å². The fourth-order valence-electron chi connectivity index (χ4n) is 1.82. The van der Waals surface area contributed by atoms with Crippen LogP contribution in [0, 0.1) is 12.3 Å². The Kier molecular flexibility index (Phi) is 2.68. The molecule has 0 radical (unpaired) electrons. The van der Waals surface area contributed by atoms with Gasteiger partial charge in [0.15, 0.2) is 0 Å². The van der Waals surface area contributed by atoms with Crippen molar-refractivity contribution in [2.45, 2.75) is 38.7 Å². The summed E-state index contributed by atoms with van der Waals surface area (Å²) in [5.41, 5.74) is 1.34. The summed E-state index contributed by atoms with van der Waals surface area (Å²) in [7, 11) is 0. The van der Waals surface area contributed by atoms with Crippen LogP contribution in [0.15, 0.2) is 24.3 Å². The highest BCUT2D eigenvalue weighted by Crippen LogP contribution is 2.46. The van der Waals surface area contributed by atoms with Crippen LogP contribution in [0.2, 0.25) is 0 Å². The Morgan fingerprint density at radius 3 is 2.33 bits per heavy atom. The highest BCUT2D eigenvalue weighted by molar-refractivity contribution is 6.21. The van der Waals surface area contributed by atoms with Crippen molar-refractivity contribution in [2.75, 3.05) is 0 Å². The highest BCUT2D eigenvalue weighted by Gasteiger charge is 2.48. The van der Waals surface area contributed by atoms with Gasteiger partial charge in [-0.2, -0.15) is 0 Å². The van der Waals surface area contributed by atoms with Gasteiger partial charge in [-0.15, -0.1) is 11.6 Å². The molecule has 2 atom stereocenters. The van der Waals surface area contributed by atoms with E-state index in [0.717, 1.165) is 12.2 Å². The lowest BCUT2D eigenvalue weighted by atomic mass is 9.68. The minimum Gasteiger partial charge on any atom is -0.490 e. The van der Waals surface area contributed by atoms with E-state index in [2.05, 4.69) is 32.9 Å². The minimum absolute atomic E-state index is 0.0897. The van der Waals surface area contributed by atoms with E-state index >= 15 is 0 Å². The van der Waals surface area contributed by atoms with Crippen molar-refractivity contribution >= 4 is 11.6 Å². The van der Waals surface area contributed by atoms with Crippen molar-refractivity contribution in [2.24, 2.45) is 5.41 Å². The number of hydrogen-bond donors (Lipinski definition) is 0. The first-order valence-corrected chi connectivity index (χ1v) is 5.81. The molecule has 0 amide bonds. The Balaban J connectivity index is 2.02. The summed E-state index contributed by atoms with van der Waals surface area (Å²) in [4.78, 5) is 0. The van der Waals surface area contributed by atoms with Crippen LogP contribution in [0.25, 0.3) is 0 Å². The molecule has 1 saturated carbocycles. The maximum absolute atomic E-state index is 6.15. The van der Waals surface area contributed by atoms with Crippen LogP contribution in [-0.2, 0) is 0 Å². The normalized spacial score (nSPS) is 28.3. The summed E-state index contributed by atoms with van der Waals surface area (Å²) in [5, 5.41) is 0.243. The van der Waals surface area contributed by atoms with Gasteiger partial charge in [-0.25, -0.2) is 0 Å². The van der Waals surface area contributed by atoms with E-state index in [1.807, 2.05) is 12.1 Å². The summed E-state index contributed by atoms with van der Waals surface area (Å²) in [5.74, 6) is 0.947. The molecule has 1 nitrogen and oxygen atoms in total. The van der Waals surface area contributed by atoms with Gasteiger partial charge in [0.25, 0.3) is 0 Å². The molecule has 0 aliphatic heterocycles. The standard InChI is InChI=1S/C13H17ClO/c1-9-4-6-10(7-5-9)15-12-8-11(14)13(12,2)3/h4-7,11-12H,8H2,1-3H3. The van der Waals surface area contributed by atoms with Crippen LogP contribution in [0.3, 0.4) is 0 Å². The van der Waals surface area contributed by atoms with Gasteiger partial charge in [0.2, 0.25) is 0 Å². The Bertz CT molecular complexity index is 342. The monoisotopic (exact) mass is 224 g/mol. The number of benzene rings is 1. The molecule has 2 heteroatoms. The lowest BCUT2D eigenvalue weighted by Gasteiger charge is -2.48. The zero-order chi connectivity index (χ0) is 11.1. The van der Waals surface area contributed by atoms with Crippen LogP contribution < -0.4 is 4.74 Å². The zero-order valence-corrected chi connectivity index (χ0v) is 10.2. The summed E-state index contributed by atoms with van der Waals surface area (Å²) >= 11 is 6.15. The number of ether oxygens (including phenoxy) is 1. The van der Waals surface area contributed by atoms with Crippen molar-refractivity contribution in [3.8, 4) is 5.75 Å². The van der Waals surface area contributed by atoms with Crippen LogP contribution in [0.5, 0.6) is 5.75 Å². The molecule has 2 rings (SSSR count). The topological polar surface area (TPSA) is 9.23 Å². The first kappa shape index (κ1) is 10.8. The van der Waals surface area contributed by atoms with Gasteiger partial charge in [0, 0.05) is 17.2 Å². The molecule has 0 spiro atoms. The number of hydrogen-bond acceptors (Lipinski definition) is 1. The van der Waals surface area contributed by atoms with E-state index < -0.39 is 0 Å². The molecule has 1 fully saturated rings. The Hall–Kier alpha value is -0.690. The number of alkyl halides is 1. The van der Waals surface area contributed by atoms with Crippen LogP contribution in [0.1, 0.15) is 25.8 Å². The first-order valence-electron chi connectivity index (χ1n) is 5.37. The Morgan fingerprint density at radius 1 is 1.27 bits per heavy atom. The molecule has 2 unspecified atom stereocenters. The third-order valence-electron chi connectivity index (χ3n) is 3.36. The third-order valence-corrected chi connectivity index (χ3v) is 4.10. The van der Waals surface area contributed by atoms with E-state index in [1.54, 1.807) is 0 Å². The van der Waals surface area contributed by atoms with Crippen molar-refractivity contribution in [1.29, 1.82) is 0 Å². The van der Waals surface area contributed by atoms with Crippen LogP contribution in [0.4, 0.5) is 0 Å². The van der Waals surface area contributed by atoms with Gasteiger partial charge in [-0.05, 0) is 19.1 Å². The van der Waals surface area contributed by atoms with Gasteiger partial charge in [0.1, 0.15) is 11.9 Å². The largest absolute Gasteiger partial charge is 0.490 e. The predicted octanol–water partition coefficient (Wildman–Crippen LogP) is 3.78. The molecule has 1 aromatic carbocycles. The molecule has 15 heavy (non-hydrogen) atoms. The van der Waals surface area contributed by atoms with E-state index in [9.17, 15) is 0 Å². The molecular weight excluding hydrogens is 208 g/mol. The van der Waals surface area contributed by atoms with Crippen molar-refractivity contribution in [3.63, 3.8) is 0 Å². The second-order valence-corrected chi connectivity index (χ2v) is 5.47. The molecule has 0 N–H and O–H groups in total. The molecule has 1 aromatic rings. The predicted molar refractivity (Wildman–Crippen MR) is 63.6 cm³/mol.